The van der Waals surface area contributed by atoms with Crippen LogP contribution in [-0.2, 0) is 0 Å². The number of hydrogen-bond donors (Lipinski definition) is 2. The van der Waals surface area contributed by atoms with E-state index in [1.165, 1.54) is 3.67 Å². The molecule has 0 unspecified atom stereocenters. The first-order chi connectivity index (χ1) is 6.68. The Bertz CT molecular complexity index is 545. The third kappa shape index (κ3) is 1.59. The van der Waals surface area contributed by atoms with Crippen LogP contribution >= 0.6 is 12.2 Å². The molecule has 1 aromatic heterocycles. The third-order valence-electron chi connectivity index (χ3n) is 1.70. The number of fused-ring (bicyclic) bond motifs is 1. The van der Waals surface area contributed by atoms with Crippen molar-refractivity contribution in [2.45, 2.75) is 0 Å². The van der Waals surface area contributed by atoms with E-state index in [-0.39, 0.29) is 25.4 Å². The van der Waals surface area contributed by atoms with Gasteiger partial charge in [0.05, 0.1) is 0 Å². The average molecular weight is 272 g/mol. The van der Waals surface area contributed by atoms with Gasteiger partial charge in [0.25, 0.3) is 0 Å². The number of hydrogen-bond acceptors (Lipinski definition) is 2. The average Bonchev–Trinajstić information content (AvgIpc) is 2.44. The fourth-order valence-corrected chi connectivity index (χ4v) is 3.29. The second-order valence-electron chi connectivity index (χ2n) is 2.66. The van der Waals surface area contributed by atoms with Gasteiger partial charge in [-0.1, -0.05) is 0 Å². The summed E-state index contributed by atoms with van der Waals surface area (Å²) in [4.78, 5) is 11.7. The summed E-state index contributed by atoms with van der Waals surface area (Å²) < 4.78 is 2.52. The van der Waals surface area contributed by atoms with Crippen LogP contribution in [0, 0.1) is 0 Å². The zero-order valence-electron chi connectivity index (χ0n) is 7.06. The van der Waals surface area contributed by atoms with Gasteiger partial charge in [-0.3, -0.25) is 0 Å². The molecular formula is C8H7N3OSSe. The van der Waals surface area contributed by atoms with Gasteiger partial charge in [-0.2, -0.15) is 0 Å². The molecule has 0 aliphatic rings. The maximum atomic E-state index is 11.7. The molecule has 3 N–H and O–H groups in total. The number of rotatable bonds is 1. The standard InChI is InChI=1S/C8H7N3OSSe/c9-8(13)10-11-7(12)5-3-1-2-4-6(5)14-11/h1-4H,(H3,9,10,13). The van der Waals surface area contributed by atoms with Crippen LogP contribution in [0.3, 0.4) is 0 Å². The molecule has 0 saturated carbocycles. The van der Waals surface area contributed by atoms with Crippen molar-refractivity contribution in [1.29, 1.82) is 0 Å². The molecule has 14 heavy (non-hydrogen) atoms. The molecule has 2 aromatic rings. The number of nitrogens with two attached hydrogens (primary N) is 1. The second-order valence-corrected chi connectivity index (χ2v) is 5.17. The Morgan fingerprint density at radius 2 is 2.21 bits per heavy atom. The minimum atomic E-state index is -0.0723. The molecule has 1 aromatic carbocycles. The van der Waals surface area contributed by atoms with E-state index in [1.807, 2.05) is 18.2 Å². The van der Waals surface area contributed by atoms with Crippen molar-refractivity contribution < 1.29 is 0 Å². The van der Waals surface area contributed by atoms with E-state index < -0.39 is 0 Å². The molecule has 0 bridgehead atoms. The Hall–Kier alpha value is -1.10. The van der Waals surface area contributed by atoms with Crippen molar-refractivity contribution in [3.05, 3.63) is 34.6 Å². The van der Waals surface area contributed by atoms with Crippen LogP contribution in [0.2, 0.25) is 0 Å². The Kier molecular flexibility index (Phi) is 2.41. The molecule has 0 saturated heterocycles. The number of nitrogens with zero attached hydrogens (tertiary/aromatic N) is 1. The fourth-order valence-electron chi connectivity index (χ4n) is 1.15. The summed E-state index contributed by atoms with van der Waals surface area (Å²) in [6, 6.07) is 7.50. The van der Waals surface area contributed by atoms with Crippen LogP contribution in [-0.4, -0.2) is 23.5 Å². The van der Waals surface area contributed by atoms with Crippen LogP contribution in [0.25, 0.3) is 9.65 Å². The third-order valence-corrected chi connectivity index (χ3v) is 3.88. The van der Waals surface area contributed by atoms with Crippen molar-refractivity contribution in [2.24, 2.45) is 5.73 Å². The van der Waals surface area contributed by atoms with Crippen molar-refractivity contribution in [3.63, 3.8) is 0 Å². The molecule has 72 valence electrons. The molecule has 2 rings (SSSR count). The predicted molar refractivity (Wildman–Crippen MR) is 61.3 cm³/mol. The van der Waals surface area contributed by atoms with Crippen LogP contribution in [0.4, 0.5) is 0 Å². The zero-order chi connectivity index (χ0) is 10.1. The first kappa shape index (κ1) is 9.45. The molecular weight excluding hydrogens is 265 g/mol. The minimum absolute atomic E-state index is 0.0617. The summed E-state index contributed by atoms with van der Waals surface area (Å²) in [6.45, 7) is 0. The summed E-state index contributed by atoms with van der Waals surface area (Å²) in [5, 5.41) is 0.851. The van der Waals surface area contributed by atoms with Gasteiger partial charge in [-0.05, 0) is 0 Å². The molecule has 1 heterocycles. The molecule has 0 radical (unpaired) electrons. The molecule has 0 spiro atoms. The topological polar surface area (TPSA) is 60.0 Å². The van der Waals surface area contributed by atoms with Gasteiger partial charge < -0.3 is 0 Å². The van der Waals surface area contributed by atoms with E-state index >= 15 is 0 Å². The Morgan fingerprint density at radius 3 is 2.86 bits per heavy atom. The Labute approximate surface area is 91.3 Å². The normalized spacial score (nSPS) is 10.3. The number of nitrogens with one attached hydrogen (secondary N) is 1. The number of benzene rings is 1. The van der Waals surface area contributed by atoms with E-state index in [0.29, 0.717) is 0 Å². The zero-order valence-corrected chi connectivity index (χ0v) is 9.59. The summed E-state index contributed by atoms with van der Waals surface area (Å²) in [5.74, 6) is 0. The predicted octanol–water partition coefficient (Wildman–Crippen LogP) is -0.154. The van der Waals surface area contributed by atoms with Crippen molar-refractivity contribution >= 4 is 41.7 Å². The van der Waals surface area contributed by atoms with Crippen molar-refractivity contribution in [1.82, 2.24) is 3.67 Å². The van der Waals surface area contributed by atoms with E-state index in [0.717, 1.165) is 9.65 Å². The van der Waals surface area contributed by atoms with Crippen LogP contribution in [0.5, 0.6) is 0 Å². The summed E-state index contributed by atoms with van der Waals surface area (Å²) in [5.41, 5.74) is 7.90. The van der Waals surface area contributed by atoms with Gasteiger partial charge in [0.2, 0.25) is 0 Å². The summed E-state index contributed by atoms with van der Waals surface area (Å²) in [6.07, 6.45) is 0. The fraction of sp³-hybridized carbons (Fsp3) is 0. The van der Waals surface area contributed by atoms with E-state index in [4.69, 9.17) is 5.73 Å². The molecule has 0 atom stereocenters. The van der Waals surface area contributed by atoms with Crippen molar-refractivity contribution in [3.8, 4) is 0 Å². The van der Waals surface area contributed by atoms with Gasteiger partial charge >= 0.3 is 91.2 Å². The van der Waals surface area contributed by atoms with Crippen LogP contribution in [0.15, 0.2) is 29.1 Å². The quantitative estimate of drug-likeness (QED) is 0.560. The van der Waals surface area contributed by atoms with Gasteiger partial charge in [-0.25, -0.2) is 0 Å². The van der Waals surface area contributed by atoms with Gasteiger partial charge in [0.1, 0.15) is 0 Å². The summed E-state index contributed by atoms with van der Waals surface area (Å²) in [7, 11) is 0. The van der Waals surface area contributed by atoms with Crippen molar-refractivity contribution in [2.75, 3.05) is 5.43 Å². The van der Waals surface area contributed by atoms with E-state index in [2.05, 4.69) is 17.6 Å². The van der Waals surface area contributed by atoms with E-state index in [1.54, 1.807) is 6.07 Å². The van der Waals surface area contributed by atoms with Crippen LogP contribution < -0.4 is 16.7 Å². The molecule has 4 nitrogen and oxygen atoms in total. The Balaban J connectivity index is 2.63. The van der Waals surface area contributed by atoms with Gasteiger partial charge in [0, 0.05) is 0 Å². The SMILES string of the molecule is NC(=S)Nn1[se]c2ccccc2c1=O. The molecule has 0 aliphatic heterocycles. The number of thiocarbonyl (C=S) groups is 1. The maximum absolute atomic E-state index is 11.7. The second kappa shape index (κ2) is 3.57. The van der Waals surface area contributed by atoms with E-state index in [9.17, 15) is 4.79 Å². The molecule has 0 amide bonds. The van der Waals surface area contributed by atoms with Gasteiger partial charge in [0.15, 0.2) is 0 Å². The first-order valence-electron chi connectivity index (χ1n) is 3.86. The number of aromatic nitrogens is 1. The summed E-state index contributed by atoms with van der Waals surface area (Å²) >= 11 is 4.61. The molecule has 6 heteroatoms. The molecule has 0 fully saturated rings. The monoisotopic (exact) mass is 273 g/mol. The molecule has 0 aliphatic carbocycles. The van der Waals surface area contributed by atoms with Crippen LogP contribution in [0.1, 0.15) is 0 Å². The Morgan fingerprint density at radius 1 is 1.50 bits per heavy atom. The first-order valence-corrected chi connectivity index (χ1v) is 5.89. The van der Waals surface area contributed by atoms with Gasteiger partial charge in [-0.15, -0.1) is 0 Å².